The summed E-state index contributed by atoms with van der Waals surface area (Å²) in [7, 11) is 0. The molecule has 2 saturated heterocycles. The Morgan fingerprint density at radius 3 is 3.00 bits per heavy atom. The maximum Gasteiger partial charge on any atom is 0.336 e. The molecule has 0 radical (unpaired) electrons. The average molecular weight is 278 g/mol. The van der Waals surface area contributed by atoms with Crippen LogP contribution in [0.1, 0.15) is 28.8 Å². The fraction of sp³-hybridized carbons (Fsp3) is 0.533. The van der Waals surface area contributed by atoms with E-state index in [4.69, 9.17) is 0 Å². The summed E-state index contributed by atoms with van der Waals surface area (Å²) in [6.07, 6.45) is 2.46. The highest BCUT2D eigenvalue weighted by Gasteiger charge is 2.30. The Labute approximate surface area is 117 Å². The number of carboxylic acids is 1. The topological polar surface area (TPSA) is 43.8 Å². The molecular formula is C15H19FN2O2. The second-order valence-corrected chi connectivity index (χ2v) is 5.67. The first-order chi connectivity index (χ1) is 9.63. The van der Waals surface area contributed by atoms with Crippen molar-refractivity contribution >= 4 is 5.97 Å². The molecule has 2 fully saturated rings. The van der Waals surface area contributed by atoms with Gasteiger partial charge in [0.25, 0.3) is 0 Å². The van der Waals surface area contributed by atoms with Crippen molar-refractivity contribution in [2.75, 3.05) is 26.2 Å². The summed E-state index contributed by atoms with van der Waals surface area (Å²) < 4.78 is 13.4. The van der Waals surface area contributed by atoms with Crippen molar-refractivity contribution in [2.45, 2.75) is 25.4 Å². The van der Waals surface area contributed by atoms with Gasteiger partial charge in [-0.1, -0.05) is 0 Å². The first-order valence-electron chi connectivity index (χ1n) is 7.11. The molecule has 1 N–H and O–H groups in total. The summed E-state index contributed by atoms with van der Waals surface area (Å²) in [5.74, 6) is -1.36. The lowest BCUT2D eigenvalue weighted by Gasteiger charge is -2.37. The van der Waals surface area contributed by atoms with E-state index < -0.39 is 5.97 Å². The first-order valence-corrected chi connectivity index (χ1v) is 7.11. The Morgan fingerprint density at radius 1 is 1.35 bits per heavy atom. The molecule has 1 unspecified atom stereocenters. The van der Waals surface area contributed by atoms with Gasteiger partial charge >= 0.3 is 5.97 Å². The van der Waals surface area contributed by atoms with Gasteiger partial charge in [0.15, 0.2) is 0 Å². The van der Waals surface area contributed by atoms with Crippen molar-refractivity contribution < 1.29 is 14.3 Å². The minimum atomic E-state index is -0.987. The summed E-state index contributed by atoms with van der Waals surface area (Å²) in [5.41, 5.74) is 0.782. The third kappa shape index (κ3) is 2.69. The molecule has 3 rings (SSSR count). The van der Waals surface area contributed by atoms with Gasteiger partial charge in [-0.2, -0.15) is 0 Å². The van der Waals surface area contributed by atoms with Crippen LogP contribution in [0.2, 0.25) is 0 Å². The lowest BCUT2D eigenvalue weighted by molar-refractivity contribution is 0.0690. The highest BCUT2D eigenvalue weighted by Crippen LogP contribution is 2.23. The van der Waals surface area contributed by atoms with Gasteiger partial charge in [0, 0.05) is 32.2 Å². The van der Waals surface area contributed by atoms with Crippen LogP contribution in [0.3, 0.4) is 0 Å². The van der Waals surface area contributed by atoms with Crippen molar-refractivity contribution in [1.29, 1.82) is 0 Å². The normalized spacial score (nSPS) is 23.8. The van der Waals surface area contributed by atoms with Crippen molar-refractivity contribution in [1.82, 2.24) is 9.80 Å². The number of piperazine rings is 1. The summed E-state index contributed by atoms with van der Waals surface area (Å²) in [6.45, 7) is 4.60. The van der Waals surface area contributed by atoms with Crippen LogP contribution in [0, 0.1) is 5.82 Å². The number of carbonyl (C=O) groups is 1. The third-order valence-corrected chi connectivity index (χ3v) is 4.36. The number of benzene rings is 1. The Morgan fingerprint density at radius 2 is 2.20 bits per heavy atom. The number of rotatable bonds is 3. The van der Waals surface area contributed by atoms with Gasteiger partial charge in [0.05, 0.1) is 5.56 Å². The number of hydrogen-bond donors (Lipinski definition) is 1. The Balaban J connectivity index is 1.74. The Kier molecular flexibility index (Phi) is 3.72. The van der Waals surface area contributed by atoms with E-state index in [1.165, 1.54) is 37.6 Å². The van der Waals surface area contributed by atoms with Crippen LogP contribution in [0.25, 0.3) is 0 Å². The van der Waals surface area contributed by atoms with Crippen LogP contribution in [0.15, 0.2) is 18.2 Å². The van der Waals surface area contributed by atoms with Crippen molar-refractivity contribution in [2.24, 2.45) is 0 Å². The zero-order chi connectivity index (χ0) is 14.1. The van der Waals surface area contributed by atoms with E-state index in [0.29, 0.717) is 18.2 Å². The maximum atomic E-state index is 13.4. The molecule has 0 aromatic heterocycles. The lowest BCUT2D eigenvalue weighted by Crippen LogP contribution is -2.49. The predicted molar refractivity (Wildman–Crippen MR) is 73.2 cm³/mol. The first kappa shape index (κ1) is 13.5. The number of carboxylic acid groups (broad SMARTS) is 1. The Hall–Kier alpha value is -1.46. The molecule has 2 aliphatic heterocycles. The quantitative estimate of drug-likeness (QED) is 0.915. The minimum absolute atomic E-state index is 0.209. The van der Waals surface area contributed by atoms with E-state index in [2.05, 4.69) is 9.80 Å². The maximum absolute atomic E-state index is 13.4. The fourth-order valence-electron chi connectivity index (χ4n) is 3.34. The SMILES string of the molecule is O=C(O)c1ccc(F)cc1CN1CCN2CCCC2C1. The molecule has 0 aliphatic carbocycles. The van der Waals surface area contributed by atoms with Gasteiger partial charge < -0.3 is 5.11 Å². The number of nitrogens with zero attached hydrogens (tertiary/aromatic N) is 2. The number of fused-ring (bicyclic) bond motifs is 1. The highest BCUT2D eigenvalue weighted by atomic mass is 19.1. The van der Waals surface area contributed by atoms with Gasteiger partial charge in [0.2, 0.25) is 0 Å². The number of aromatic carboxylic acids is 1. The summed E-state index contributed by atoms with van der Waals surface area (Å²) in [5, 5.41) is 9.19. The van der Waals surface area contributed by atoms with E-state index in [1.54, 1.807) is 0 Å². The van der Waals surface area contributed by atoms with Crippen LogP contribution in [0.5, 0.6) is 0 Å². The molecule has 0 amide bonds. The average Bonchev–Trinajstić information content (AvgIpc) is 2.85. The fourth-order valence-corrected chi connectivity index (χ4v) is 3.34. The molecule has 5 heteroatoms. The third-order valence-electron chi connectivity index (χ3n) is 4.36. The van der Waals surface area contributed by atoms with E-state index in [1.807, 2.05) is 0 Å². The van der Waals surface area contributed by atoms with E-state index in [9.17, 15) is 14.3 Å². The molecular weight excluding hydrogens is 259 g/mol. The van der Waals surface area contributed by atoms with Gasteiger partial charge in [-0.05, 0) is 43.1 Å². The molecule has 20 heavy (non-hydrogen) atoms. The van der Waals surface area contributed by atoms with Crippen molar-refractivity contribution in [3.05, 3.63) is 35.1 Å². The van der Waals surface area contributed by atoms with Crippen LogP contribution >= 0.6 is 0 Å². The second-order valence-electron chi connectivity index (χ2n) is 5.67. The molecule has 1 atom stereocenters. The summed E-state index contributed by atoms with van der Waals surface area (Å²) >= 11 is 0. The molecule has 108 valence electrons. The molecule has 2 heterocycles. The minimum Gasteiger partial charge on any atom is -0.478 e. The van der Waals surface area contributed by atoms with Crippen LogP contribution in [0.4, 0.5) is 4.39 Å². The zero-order valence-corrected chi connectivity index (χ0v) is 11.4. The molecule has 1 aromatic rings. The van der Waals surface area contributed by atoms with Crippen LogP contribution in [-0.4, -0.2) is 53.1 Å². The van der Waals surface area contributed by atoms with E-state index in [-0.39, 0.29) is 11.4 Å². The summed E-state index contributed by atoms with van der Waals surface area (Å²) in [4.78, 5) is 16.0. The van der Waals surface area contributed by atoms with E-state index >= 15 is 0 Å². The van der Waals surface area contributed by atoms with Crippen molar-refractivity contribution in [3.8, 4) is 0 Å². The zero-order valence-electron chi connectivity index (χ0n) is 11.4. The smallest absolute Gasteiger partial charge is 0.336 e. The predicted octanol–water partition coefficient (Wildman–Crippen LogP) is 1.80. The van der Waals surface area contributed by atoms with Crippen molar-refractivity contribution in [3.63, 3.8) is 0 Å². The molecule has 0 bridgehead atoms. The monoisotopic (exact) mass is 278 g/mol. The lowest BCUT2D eigenvalue weighted by atomic mass is 10.1. The van der Waals surface area contributed by atoms with Crippen LogP contribution < -0.4 is 0 Å². The van der Waals surface area contributed by atoms with Gasteiger partial charge in [0.1, 0.15) is 5.82 Å². The molecule has 0 saturated carbocycles. The standard InChI is InChI=1S/C15H19FN2O2/c16-12-3-4-14(15(19)20)11(8-12)9-17-6-7-18-5-1-2-13(18)10-17/h3-4,8,13H,1-2,5-7,9-10H2,(H,19,20). The van der Waals surface area contributed by atoms with Gasteiger partial charge in [-0.3, -0.25) is 9.80 Å². The molecule has 2 aliphatic rings. The largest absolute Gasteiger partial charge is 0.478 e. The van der Waals surface area contributed by atoms with Crippen LogP contribution in [-0.2, 0) is 6.54 Å². The Bertz CT molecular complexity index is 521. The highest BCUT2D eigenvalue weighted by molar-refractivity contribution is 5.89. The number of hydrogen-bond acceptors (Lipinski definition) is 3. The van der Waals surface area contributed by atoms with Gasteiger partial charge in [-0.15, -0.1) is 0 Å². The second kappa shape index (κ2) is 5.50. The van der Waals surface area contributed by atoms with E-state index in [0.717, 1.165) is 19.6 Å². The molecule has 4 nitrogen and oxygen atoms in total. The summed E-state index contributed by atoms with van der Waals surface area (Å²) in [6, 6.07) is 4.51. The van der Waals surface area contributed by atoms with Gasteiger partial charge in [-0.25, -0.2) is 9.18 Å². The molecule has 0 spiro atoms. The number of halogens is 1. The molecule has 1 aromatic carbocycles.